The molecule has 0 aliphatic rings. The van der Waals surface area contributed by atoms with Crippen molar-refractivity contribution in [1.82, 2.24) is 0 Å². The van der Waals surface area contributed by atoms with Crippen molar-refractivity contribution in [2.45, 2.75) is 32.7 Å². The van der Waals surface area contributed by atoms with Crippen molar-refractivity contribution < 1.29 is 13.9 Å². The number of primary amides is 1. The zero-order chi connectivity index (χ0) is 14.4. The molecule has 4 nitrogen and oxygen atoms in total. The first kappa shape index (κ1) is 15.4. The predicted octanol–water partition coefficient (Wildman–Crippen LogP) is 1.61. The summed E-state index contributed by atoms with van der Waals surface area (Å²) in [4.78, 5) is 10.8. The lowest BCUT2D eigenvalue weighted by atomic mass is 10.0. The summed E-state index contributed by atoms with van der Waals surface area (Å²) >= 11 is 0. The number of carbonyl (C=O) groups excluding carboxylic acids is 1. The maximum absolute atomic E-state index is 13.8. The average Bonchev–Trinajstić information content (AvgIpc) is 2.37. The van der Waals surface area contributed by atoms with Gasteiger partial charge in [-0.05, 0) is 30.5 Å². The topological polar surface area (TPSA) is 78.3 Å². The second kappa shape index (κ2) is 7.09. The molecule has 0 aliphatic carbocycles. The number of hydrogen-bond donors (Lipinski definition) is 2. The van der Waals surface area contributed by atoms with Crippen LogP contribution in [0.3, 0.4) is 0 Å². The van der Waals surface area contributed by atoms with Crippen molar-refractivity contribution in [2.75, 3.05) is 6.61 Å². The van der Waals surface area contributed by atoms with Gasteiger partial charge >= 0.3 is 0 Å². The molecular formula is C14H21FN2O2. The van der Waals surface area contributed by atoms with Gasteiger partial charge in [0, 0.05) is 6.04 Å². The molecule has 0 saturated carbocycles. The van der Waals surface area contributed by atoms with Gasteiger partial charge < -0.3 is 16.2 Å². The average molecular weight is 268 g/mol. The Kier molecular flexibility index (Phi) is 5.76. The van der Waals surface area contributed by atoms with Gasteiger partial charge in [0.2, 0.25) is 5.91 Å². The van der Waals surface area contributed by atoms with E-state index in [0.717, 1.165) is 12.0 Å². The third kappa shape index (κ3) is 4.87. The summed E-state index contributed by atoms with van der Waals surface area (Å²) in [6.07, 6.45) is 1.47. The normalized spacial score (nSPS) is 13.9. The molecule has 1 amide bonds. The van der Waals surface area contributed by atoms with Crippen LogP contribution in [0.5, 0.6) is 5.75 Å². The van der Waals surface area contributed by atoms with E-state index in [9.17, 15) is 9.18 Å². The van der Waals surface area contributed by atoms with E-state index in [2.05, 4.69) is 0 Å². The van der Waals surface area contributed by atoms with E-state index >= 15 is 0 Å². The summed E-state index contributed by atoms with van der Waals surface area (Å²) in [6, 6.07) is 4.78. The number of benzene rings is 1. The fourth-order valence-electron chi connectivity index (χ4n) is 1.53. The van der Waals surface area contributed by atoms with Crippen LogP contribution >= 0.6 is 0 Å². The molecule has 5 heteroatoms. The number of hydrogen-bond acceptors (Lipinski definition) is 3. The van der Waals surface area contributed by atoms with E-state index in [4.69, 9.17) is 16.2 Å². The van der Waals surface area contributed by atoms with Gasteiger partial charge in [0.1, 0.15) is 0 Å². The van der Waals surface area contributed by atoms with E-state index in [0.29, 0.717) is 6.42 Å². The number of rotatable bonds is 7. The first-order valence-corrected chi connectivity index (χ1v) is 6.40. The Labute approximate surface area is 112 Å². The second-order valence-electron chi connectivity index (χ2n) is 4.75. The summed E-state index contributed by atoms with van der Waals surface area (Å²) in [5.74, 6) is -1.24. The number of carbonyl (C=O) groups is 1. The highest BCUT2D eigenvalue weighted by Gasteiger charge is 2.12. The minimum atomic E-state index is -0.467. The maximum Gasteiger partial charge on any atom is 0.223 e. The van der Waals surface area contributed by atoms with Gasteiger partial charge in [0.05, 0.1) is 12.5 Å². The van der Waals surface area contributed by atoms with Crippen molar-refractivity contribution in [3.63, 3.8) is 0 Å². The van der Waals surface area contributed by atoms with Crippen LogP contribution in [0.2, 0.25) is 0 Å². The molecule has 1 aromatic rings. The Hall–Kier alpha value is -1.62. The molecule has 2 unspecified atom stereocenters. The van der Waals surface area contributed by atoms with Crippen molar-refractivity contribution in [2.24, 2.45) is 17.4 Å². The third-order valence-corrected chi connectivity index (χ3v) is 2.99. The third-order valence-electron chi connectivity index (χ3n) is 2.99. The second-order valence-corrected chi connectivity index (χ2v) is 4.75. The largest absolute Gasteiger partial charge is 0.490 e. The van der Waals surface area contributed by atoms with Gasteiger partial charge in [-0.25, -0.2) is 4.39 Å². The van der Waals surface area contributed by atoms with Crippen molar-refractivity contribution in [3.05, 3.63) is 29.6 Å². The molecule has 19 heavy (non-hydrogen) atoms. The van der Waals surface area contributed by atoms with E-state index in [-0.39, 0.29) is 18.4 Å². The lowest BCUT2D eigenvalue weighted by Gasteiger charge is -2.13. The highest BCUT2D eigenvalue weighted by Crippen LogP contribution is 2.20. The van der Waals surface area contributed by atoms with Gasteiger partial charge in [-0.2, -0.15) is 0 Å². The summed E-state index contributed by atoms with van der Waals surface area (Å²) < 4.78 is 19.0. The molecule has 0 spiro atoms. The standard InChI is InChI=1S/C14H21FN2O2/c1-3-11(16)6-10-4-5-13(12(15)7-10)19-8-9(2)14(17)18/h4-5,7,9,11H,3,6,8,16H2,1-2H3,(H2,17,18). The lowest BCUT2D eigenvalue weighted by Crippen LogP contribution is -2.26. The van der Waals surface area contributed by atoms with E-state index < -0.39 is 17.6 Å². The molecule has 0 heterocycles. The van der Waals surface area contributed by atoms with Gasteiger partial charge in [-0.3, -0.25) is 4.79 Å². The number of amides is 1. The molecule has 0 fully saturated rings. The quantitative estimate of drug-likeness (QED) is 0.788. The molecule has 4 N–H and O–H groups in total. The van der Waals surface area contributed by atoms with Gasteiger partial charge in [0.15, 0.2) is 11.6 Å². The monoisotopic (exact) mass is 268 g/mol. The summed E-state index contributed by atoms with van der Waals surface area (Å²) in [5.41, 5.74) is 11.8. The maximum atomic E-state index is 13.8. The minimum absolute atomic E-state index is 0.0288. The summed E-state index contributed by atoms with van der Waals surface area (Å²) in [7, 11) is 0. The number of nitrogens with two attached hydrogens (primary N) is 2. The molecule has 0 saturated heterocycles. The first-order valence-electron chi connectivity index (χ1n) is 6.40. The number of ether oxygens (including phenoxy) is 1. The Bertz CT molecular complexity index is 437. The molecule has 0 radical (unpaired) electrons. The zero-order valence-corrected chi connectivity index (χ0v) is 11.4. The first-order chi connectivity index (χ1) is 8.93. The van der Waals surface area contributed by atoms with E-state index in [1.54, 1.807) is 19.1 Å². The minimum Gasteiger partial charge on any atom is -0.490 e. The van der Waals surface area contributed by atoms with Crippen LogP contribution in [0, 0.1) is 11.7 Å². The van der Waals surface area contributed by atoms with Crippen molar-refractivity contribution >= 4 is 5.91 Å². The Morgan fingerprint density at radius 1 is 1.47 bits per heavy atom. The molecule has 106 valence electrons. The van der Waals surface area contributed by atoms with Crippen molar-refractivity contribution in [1.29, 1.82) is 0 Å². The van der Waals surface area contributed by atoms with Crippen LogP contribution in [0.25, 0.3) is 0 Å². The molecular weight excluding hydrogens is 247 g/mol. The van der Waals surface area contributed by atoms with Crippen LogP contribution < -0.4 is 16.2 Å². The fourth-order valence-corrected chi connectivity index (χ4v) is 1.53. The Morgan fingerprint density at radius 3 is 2.68 bits per heavy atom. The highest BCUT2D eigenvalue weighted by atomic mass is 19.1. The SMILES string of the molecule is CCC(N)Cc1ccc(OCC(C)C(N)=O)c(F)c1. The molecule has 0 aromatic heterocycles. The van der Waals surface area contributed by atoms with E-state index in [1.807, 2.05) is 6.92 Å². The lowest BCUT2D eigenvalue weighted by molar-refractivity contribution is -0.122. The van der Waals surface area contributed by atoms with Crippen LogP contribution in [-0.2, 0) is 11.2 Å². The Balaban J connectivity index is 2.64. The van der Waals surface area contributed by atoms with E-state index in [1.165, 1.54) is 6.07 Å². The van der Waals surface area contributed by atoms with Crippen LogP contribution in [0.4, 0.5) is 4.39 Å². The Morgan fingerprint density at radius 2 is 2.16 bits per heavy atom. The summed E-state index contributed by atoms with van der Waals surface area (Å²) in [5, 5.41) is 0. The molecule has 1 rings (SSSR count). The molecule has 2 atom stereocenters. The zero-order valence-electron chi connectivity index (χ0n) is 11.4. The fraction of sp³-hybridized carbons (Fsp3) is 0.500. The van der Waals surface area contributed by atoms with Crippen LogP contribution in [0.1, 0.15) is 25.8 Å². The smallest absolute Gasteiger partial charge is 0.223 e. The van der Waals surface area contributed by atoms with Gasteiger partial charge in [0.25, 0.3) is 0 Å². The molecule has 1 aromatic carbocycles. The van der Waals surface area contributed by atoms with Gasteiger partial charge in [-0.1, -0.05) is 19.9 Å². The molecule has 0 bridgehead atoms. The van der Waals surface area contributed by atoms with Crippen molar-refractivity contribution in [3.8, 4) is 5.75 Å². The summed E-state index contributed by atoms with van der Waals surface area (Å²) in [6.45, 7) is 3.69. The number of halogens is 1. The molecule has 0 aliphatic heterocycles. The van der Waals surface area contributed by atoms with Crippen LogP contribution in [0.15, 0.2) is 18.2 Å². The van der Waals surface area contributed by atoms with Gasteiger partial charge in [-0.15, -0.1) is 0 Å². The van der Waals surface area contributed by atoms with Crippen LogP contribution in [-0.4, -0.2) is 18.6 Å². The highest BCUT2D eigenvalue weighted by molar-refractivity contribution is 5.76. The predicted molar refractivity (Wildman–Crippen MR) is 72.2 cm³/mol.